The van der Waals surface area contributed by atoms with E-state index in [1.807, 2.05) is 66.4 Å². The second kappa shape index (κ2) is 10.9. The summed E-state index contributed by atoms with van der Waals surface area (Å²) in [5.74, 6) is 0. The Balaban J connectivity index is 0.000000172. The summed E-state index contributed by atoms with van der Waals surface area (Å²) >= 11 is 1.83. The van der Waals surface area contributed by atoms with Crippen LogP contribution in [0.1, 0.15) is 19.8 Å². The van der Waals surface area contributed by atoms with Crippen LogP contribution in [0.15, 0.2) is 94.9 Å². The molecule has 3 nitrogen and oxygen atoms in total. The van der Waals surface area contributed by atoms with Gasteiger partial charge in [-0.15, -0.1) is 35.9 Å². The van der Waals surface area contributed by atoms with Crippen molar-refractivity contribution in [1.29, 1.82) is 0 Å². The molecule has 0 fully saturated rings. The fraction of sp³-hybridized carbons (Fsp3) is 0.143. The van der Waals surface area contributed by atoms with E-state index in [1.54, 1.807) is 6.20 Å². The van der Waals surface area contributed by atoms with E-state index >= 15 is 0 Å². The van der Waals surface area contributed by atoms with Gasteiger partial charge < -0.3 is 14.1 Å². The van der Waals surface area contributed by atoms with E-state index in [9.17, 15) is 0 Å². The number of pyridine rings is 1. The first kappa shape index (κ1) is 23.4. The van der Waals surface area contributed by atoms with Crippen LogP contribution >= 0.6 is 11.8 Å². The predicted molar refractivity (Wildman–Crippen MR) is 129 cm³/mol. The third kappa shape index (κ3) is 4.96. The van der Waals surface area contributed by atoms with Gasteiger partial charge in [0.15, 0.2) is 0 Å². The number of fused-ring (bicyclic) bond motifs is 2. The van der Waals surface area contributed by atoms with Crippen LogP contribution in [0.3, 0.4) is 0 Å². The van der Waals surface area contributed by atoms with E-state index in [2.05, 4.69) is 63.8 Å². The molecule has 3 aromatic carbocycles. The van der Waals surface area contributed by atoms with Crippen molar-refractivity contribution < 1.29 is 24.7 Å². The molecule has 0 saturated heterocycles. The normalized spacial score (nSPS) is 11.2. The molecular weight excluding hydrogens is 603 g/mol. The third-order valence-corrected chi connectivity index (χ3v) is 6.44. The van der Waals surface area contributed by atoms with E-state index in [0.717, 1.165) is 23.5 Å². The Labute approximate surface area is 212 Å². The first-order valence-electron chi connectivity index (χ1n) is 10.9. The zero-order valence-electron chi connectivity index (χ0n) is 18.3. The average Bonchev–Trinajstić information content (AvgIpc) is 3.24. The smallest absolute Gasteiger partial charge is 0.340 e. The molecule has 0 radical (unpaired) electrons. The van der Waals surface area contributed by atoms with Crippen LogP contribution in [0.25, 0.3) is 28.0 Å². The van der Waals surface area contributed by atoms with Gasteiger partial charge in [0, 0.05) is 6.20 Å². The molecule has 2 aromatic heterocycles. The van der Waals surface area contributed by atoms with Gasteiger partial charge in [0.1, 0.15) is 0 Å². The van der Waals surface area contributed by atoms with Crippen LogP contribution in [0, 0.1) is 18.5 Å². The van der Waals surface area contributed by atoms with E-state index in [-0.39, 0.29) is 20.1 Å². The number of para-hydroxylation sites is 2. The summed E-state index contributed by atoms with van der Waals surface area (Å²) < 4.78 is 4.42. The Hall–Kier alpha value is -2.72. The Bertz CT molecular complexity index is 1300. The first-order chi connectivity index (χ1) is 15.8. The summed E-state index contributed by atoms with van der Waals surface area (Å²) in [5, 5.41) is 0. The molecule has 1 aliphatic rings. The van der Waals surface area contributed by atoms with Crippen molar-refractivity contribution in [3.8, 4) is 16.9 Å². The number of unbranched alkanes of at least 4 members (excludes halogenated alkanes) is 1. The van der Waals surface area contributed by atoms with Crippen molar-refractivity contribution in [2.24, 2.45) is 0 Å². The largest absolute Gasteiger partial charge is 3.00 e. The Morgan fingerprint density at radius 2 is 1.76 bits per heavy atom. The Morgan fingerprint density at radius 3 is 2.55 bits per heavy atom. The molecule has 0 N–H and O–H groups in total. The zero-order chi connectivity index (χ0) is 21.8. The van der Waals surface area contributed by atoms with Crippen LogP contribution in [-0.4, -0.2) is 9.55 Å². The summed E-state index contributed by atoms with van der Waals surface area (Å²) in [4.78, 5) is 6.78. The van der Waals surface area contributed by atoms with Gasteiger partial charge >= 0.3 is 20.1 Å². The quantitative estimate of drug-likeness (QED) is 0.169. The molecule has 5 heteroatoms. The maximum atomic E-state index is 4.22. The van der Waals surface area contributed by atoms with Crippen LogP contribution < -0.4 is 4.57 Å². The minimum absolute atomic E-state index is 0. The molecule has 1 aliphatic heterocycles. The van der Waals surface area contributed by atoms with Crippen molar-refractivity contribution in [2.45, 2.75) is 36.1 Å². The Kier molecular flexibility index (Phi) is 7.76. The van der Waals surface area contributed by atoms with Gasteiger partial charge in [0.25, 0.3) is 0 Å². The second-order valence-corrected chi connectivity index (χ2v) is 8.62. The summed E-state index contributed by atoms with van der Waals surface area (Å²) in [6, 6.07) is 32.9. The van der Waals surface area contributed by atoms with E-state index in [1.165, 1.54) is 33.7 Å². The van der Waals surface area contributed by atoms with E-state index < -0.39 is 0 Å². The number of rotatable bonds is 4. The molecule has 0 spiro atoms. The predicted octanol–water partition coefficient (Wildman–Crippen LogP) is 6.33. The summed E-state index contributed by atoms with van der Waals surface area (Å²) in [6.45, 7) is 3.25. The van der Waals surface area contributed by atoms with Crippen LogP contribution in [-0.2, 0) is 26.7 Å². The van der Waals surface area contributed by atoms with Crippen molar-refractivity contribution in [3.05, 3.63) is 104 Å². The van der Waals surface area contributed by atoms with E-state index in [0.29, 0.717) is 0 Å². The fourth-order valence-corrected chi connectivity index (χ4v) is 4.84. The molecule has 0 bridgehead atoms. The number of hydrogen-bond acceptors (Lipinski definition) is 2. The number of benzene rings is 3. The number of hydrogen-bond donors (Lipinski definition) is 0. The molecule has 33 heavy (non-hydrogen) atoms. The molecule has 0 saturated carbocycles. The third-order valence-electron chi connectivity index (χ3n) is 5.34. The summed E-state index contributed by atoms with van der Waals surface area (Å²) in [5.41, 5.74) is 5.67. The number of nitrogens with zero attached hydrogens (tertiary/aromatic N) is 3. The van der Waals surface area contributed by atoms with Gasteiger partial charge in [-0.2, -0.15) is 36.0 Å². The topological polar surface area (TPSA) is 21.7 Å². The van der Waals surface area contributed by atoms with Gasteiger partial charge in [-0.25, -0.2) is 0 Å². The first-order valence-corrected chi connectivity index (χ1v) is 11.7. The summed E-state index contributed by atoms with van der Waals surface area (Å²) in [6.07, 6.45) is 7.68. The molecule has 0 aliphatic carbocycles. The monoisotopic (exact) mass is 626 g/mol. The van der Waals surface area contributed by atoms with Crippen molar-refractivity contribution in [2.75, 3.05) is 0 Å². The molecule has 164 valence electrons. The van der Waals surface area contributed by atoms with Crippen LogP contribution in [0.4, 0.5) is 0 Å². The molecule has 3 heterocycles. The molecule has 5 aromatic rings. The minimum atomic E-state index is 0. The molecule has 0 unspecified atom stereocenters. The number of aromatic nitrogens is 3. The zero-order valence-corrected chi connectivity index (χ0v) is 21.5. The number of aryl methyl sites for hydroxylation is 1. The van der Waals surface area contributed by atoms with Crippen molar-refractivity contribution in [3.63, 3.8) is 0 Å². The van der Waals surface area contributed by atoms with Crippen LogP contribution in [0.5, 0.6) is 0 Å². The number of imidazole rings is 1. The van der Waals surface area contributed by atoms with Crippen LogP contribution in [0.2, 0.25) is 0 Å². The van der Waals surface area contributed by atoms with Gasteiger partial charge in [-0.3, -0.25) is 0 Å². The van der Waals surface area contributed by atoms with E-state index in [4.69, 9.17) is 0 Å². The van der Waals surface area contributed by atoms with Crippen molar-refractivity contribution in [1.82, 2.24) is 9.55 Å². The SMILES string of the molecule is CCCCn1[c-][n+]2c3c(cccc31)Sc1ccc[c-]c1-2.[Ir+3].[c-]1ccccc1-c1ccccn1. The van der Waals surface area contributed by atoms with Gasteiger partial charge in [-0.05, 0) is 23.1 Å². The van der Waals surface area contributed by atoms with Gasteiger partial charge in [0.2, 0.25) is 6.33 Å². The van der Waals surface area contributed by atoms with Crippen molar-refractivity contribution >= 4 is 22.8 Å². The Morgan fingerprint density at radius 1 is 0.909 bits per heavy atom. The maximum Gasteiger partial charge on any atom is 3.00 e. The van der Waals surface area contributed by atoms with Gasteiger partial charge in [-0.1, -0.05) is 54.3 Å². The van der Waals surface area contributed by atoms with Gasteiger partial charge in [0.05, 0.1) is 17.6 Å². The fourth-order valence-electron chi connectivity index (χ4n) is 3.77. The maximum absolute atomic E-state index is 4.22. The molecule has 6 rings (SSSR count). The second-order valence-electron chi connectivity index (χ2n) is 7.54. The minimum Gasteiger partial charge on any atom is -0.340 e. The molecule has 0 amide bonds. The summed E-state index contributed by atoms with van der Waals surface area (Å²) in [7, 11) is 0. The average molecular weight is 626 g/mol. The molecular formula is C28H23IrN3S+. The standard InChI is InChI=1S/C17H15N2S.C11H8N.Ir/c1-2-3-11-18-12-19-13-7-4-5-9-15(13)20-16-10-6-8-14(18)17(16)19;1-2-6-10(7-3-1)11-8-4-5-9-12-11;/h4-6,8-10H,2-3,11H2,1H3;1-6,8-9H;/q2*-1;+3. The molecule has 0 atom stereocenters.